The van der Waals surface area contributed by atoms with Crippen LogP contribution in [0.1, 0.15) is 28.8 Å². The zero-order chi connectivity index (χ0) is 17.2. The van der Waals surface area contributed by atoms with Gasteiger partial charge in [0, 0.05) is 17.5 Å². The second kappa shape index (κ2) is 6.69. The van der Waals surface area contributed by atoms with Gasteiger partial charge in [0.2, 0.25) is 0 Å². The number of fused-ring (bicyclic) bond motifs is 2. The van der Waals surface area contributed by atoms with E-state index >= 15 is 0 Å². The largest absolute Gasteiger partial charge is 0.491 e. The van der Waals surface area contributed by atoms with Gasteiger partial charge in [-0.3, -0.25) is 4.79 Å². The second-order valence-electron chi connectivity index (χ2n) is 6.41. The molecule has 0 aliphatic heterocycles. The number of imidazole rings is 1. The van der Waals surface area contributed by atoms with Crippen molar-refractivity contribution in [3.63, 3.8) is 0 Å². The van der Waals surface area contributed by atoms with Gasteiger partial charge in [0.15, 0.2) is 5.78 Å². The molecule has 0 saturated carbocycles. The Kier molecular flexibility index (Phi) is 4.24. The molecule has 0 fully saturated rings. The van der Waals surface area contributed by atoms with Crippen molar-refractivity contribution in [3.05, 3.63) is 59.9 Å². The number of ketones is 1. The van der Waals surface area contributed by atoms with Crippen molar-refractivity contribution < 1.29 is 14.6 Å². The van der Waals surface area contributed by atoms with Crippen LogP contribution in [0, 0.1) is 0 Å². The Morgan fingerprint density at radius 3 is 2.96 bits per heavy atom. The SMILES string of the molecule is O=C1CCCc2c(OCC(O)Cn3cnc4ccccc43)cccc21. The van der Waals surface area contributed by atoms with E-state index in [1.807, 2.05) is 47.0 Å². The molecule has 1 unspecified atom stereocenters. The minimum Gasteiger partial charge on any atom is -0.491 e. The van der Waals surface area contributed by atoms with E-state index in [1.54, 1.807) is 6.33 Å². The maximum Gasteiger partial charge on any atom is 0.163 e. The lowest BCUT2D eigenvalue weighted by Gasteiger charge is -2.20. The van der Waals surface area contributed by atoms with Gasteiger partial charge in [-0.25, -0.2) is 4.98 Å². The van der Waals surface area contributed by atoms with E-state index in [-0.39, 0.29) is 12.4 Å². The zero-order valence-electron chi connectivity index (χ0n) is 13.9. The Balaban J connectivity index is 1.45. The first kappa shape index (κ1) is 15.8. The summed E-state index contributed by atoms with van der Waals surface area (Å²) >= 11 is 0. The Hall–Kier alpha value is -2.66. The quantitative estimate of drug-likeness (QED) is 0.778. The first-order valence-corrected chi connectivity index (χ1v) is 8.58. The summed E-state index contributed by atoms with van der Waals surface area (Å²) in [5.41, 5.74) is 3.63. The first-order valence-electron chi connectivity index (χ1n) is 8.58. The van der Waals surface area contributed by atoms with Gasteiger partial charge < -0.3 is 14.4 Å². The number of carbonyl (C=O) groups excluding carboxylic acids is 1. The molecule has 1 aromatic heterocycles. The highest BCUT2D eigenvalue weighted by molar-refractivity contribution is 5.99. The highest BCUT2D eigenvalue weighted by Crippen LogP contribution is 2.29. The van der Waals surface area contributed by atoms with E-state index in [0.29, 0.717) is 18.7 Å². The summed E-state index contributed by atoms with van der Waals surface area (Å²) in [5.74, 6) is 0.886. The minimum atomic E-state index is -0.659. The fraction of sp³-hybridized carbons (Fsp3) is 0.300. The molecule has 0 bridgehead atoms. The number of para-hydroxylation sites is 2. The predicted molar refractivity (Wildman–Crippen MR) is 94.9 cm³/mol. The van der Waals surface area contributed by atoms with Gasteiger partial charge in [0.25, 0.3) is 0 Å². The molecule has 0 amide bonds. The standard InChI is InChI=1S/C20H20N2O3/c23-14(11-22-13-21-17-7-1-2-8-18(17)22)12-25-20-10-4-5-15-16(20)6-3-9-19(15)24/h1-2,4-5,7-8,10,13-14,23H,3,6,9,11-12H2. The average Bonchev–Trinajstić information content (AvgIpc) is 3.03. The molecule has 25 heavy (non-hydrogen) atoms. The van der Waals surface area contributed by atoms with Gasteiger partial charge in [-0.1, -0.05) is 24.3 Å². The molecule has 1 N–H and O–H groups in total. The smallest absolute Gasteiger partial charge is 0.163 e. The number of ether oxygens (including phenoxy) is 1. The predicted octanol–water partition coefficient (Wildman–Crippen LogP) is 3.00. The zero-order valence-corrected chi connectivity index (χ0v) is 13.9. The molecule has 3 aromatic rings. The van der Waals surface area contributed by atoms with E-state index in [4.69, 9.17) is 4.74 Å². The number of carbonyl (C=O) groups is 1. The van der Waals surface area contributed by atoms with E-state index < -0.39 is 6.10 Å². The van der Waals surface area contributed by atoms with Gasteiger partial charge in [-0.05, 0) is 31.0 Å². The van der Waals surface area contributed by atoms with Crippen LogP contribution in [0.15, 0.2) is 48.8 Å². The number of aliphatic hydroxyl groups excluding tert-OH is 1. The molecule has 128 valence electrons. The molecule has 5 heteroatoms. The highest BCUT2D eigenvalue weighted by atomic mass is 16.5. The third-order valence-electron chi connectivity index (χ3n) is 4.63. The van der Waals surface area contributed by atoms with Crippen molar-refractivity contribution in [2.45, 2.75) is 31.9 Å². The van der Waals surface area contributed by atoms with Crippen molar-refractivity contribution in [2.75, 3.05) is 6.61 Å². The third-order valence-corrected chi connectivity index (χ3v) is 4.63. The summed E-state index contributed by atoms with van der Waals surface area (Å²) in [6, 6.07) is 13.4. The molecule has 4 rings (SSSR count). The van der Waals surface area contributed by atoms with E-state index in [0.717, 1.165) is 35.0 Å². The molecule has 1 aliphatic rings. The van der Waals surface area contributed by atoms with Gasteiger partial charge in [0.05, 0.1) is 23.9 Å². The van der Waals surface area contributed by atoms with E-state index in [9.17, 15) is 9.90 Å². The van der Waals surface area contributed by atoms with Gasteiger partial charge >= 0.3 is 0 Å². The summed E-state index contributed by atoms with van der Waals surface area (Å²) in [6.45, 7) is 0.589. The molecule has 0 saturated heterocycles. The van der Waals surface area contributed by atoms with Crippen LogP contribution in [0.2, 0.25) is 0 Å². The summed E-state index contributed by atoms with van der Waals surface area (Å²) in [7, 11) is 0. The topological polar surface area (TPSA) is 64.3 Å². The van der Waals surface area contributed by atoms with Crippen molar-refractivity contribution >= 4 is 16.8 Å². The van der Waals surface area contributed by atoms with Gasteiger partial charge in [0.1, 0.15) is 18.5 Å². The van der Waals surface area contributed by atoms with Crippen LogP contribution < -0.4 is 4.74 Å². The van der Waals surface area contributed by atoms with Gasteiger partial charge in [-0.15, -0.1) is 0 Å². The minimum absolute atomic E-state index is 0.178. The molecule has 1 heterocycles. The normalized spacial score (nSPS) is 15.2. The average molecular weight is 336 g/mol. The second-order valence-corrected chi connectivity index (χ2v) is 6.41. The van der Waals surface area contributed by atoms with Crippen LogP contribution >= 0.6 is 0 Å². The molecule has 0 spiro atoms. The molecular weight excluding hydrogens is 316 g/mol. The number of hydrogen-bond acceptors (Lipinski definition) is 4. The van der Waals surface area contributed by atoms with E-state index in [2.05, 4.69) is 4.98 Å². The van der Waals surface area contributed by atoms with Crippen molar-refractivity contribution in [3.8, 4) is 5.75 Å². The van der Waals surface area contributed by atoms with Crippen LogP contribution in [0.4, 0.5) is 0 Å². The van der Waals surface area contributed by atoms with Gasteiger partial charge in [-0.2, -0.15) is 0 Å². The monoisotopic (exact) mass is 336 g/mol. The van der Waals surface area contributed by atoms with Crippen molar-refractivity contribution in [2.24, 2.45) is 0 Å². The van der Waals surface area contributed by atoms with Crippen LogP contribution in [-0.2, 0) is 13.0 Å². The lowest BCUT2D eigenvalue weighted by Crippen LogP contribution is -2.24. The Bertz CT molecular complexity index is 916. The maximum absolute atomic E-state index is 12.0. The van der Waals surface area contributed by atoms with Crippen LogP contribution in [0.25, 0.3) is 11.0 Å². The first-order chi connectivity index (χ1) is 12.2. The van der Waals surface area contributed by atoms with Crippen LogP contribution in [0.3, 0.4) is 0 Å². The number of aromatic nitrogens is 2. The highest BCUT2D eigenvalue weighted by Gasteiger charge is 2.20. The van der Waals surface area contributed by atoms with Crippen molar-refractivity contribution in [1.29, 1.82) is 0 Å². The Morgan fingerprint density at radius 2 is 2.04 bits per heavy atom. The summed E-state index contributed by atoms with van der Waals surface area (Å²) in [4.78, 5) is 16.3. The number of nitrogens with zero attached hydrogens (tertiary/aromatic N) is 2. The van der Waals surface area contributed by atoms with Crippen molar-refractivity contribution in [1.82, 2.24) is 9.55 Å². The number of hydrogen-bond donors (Lipinski definition) is 1. The molecule has 1 aliphatic carbocycles. The number of benzene rings is 2. The molecular formula is C20H20N2O3. The molecule has 1 atom stereocenters. The molecule has 2 aromatic carbocycles. The summed E-state index contributed by atoms with van der Waals surface area (Å²) < 4.78 is 7.76. The number of Topliss-reactive ketones (excluding diaryl/α,β-unsaturated/α-hetero) is 1. The number of aliphatic hydroxyl groups is 1. The maximum atomic E-state index is 12.0. The van der Waals surface area contributed by atoms with Crippen LogP contribution in [-0.4, -0.2) is 33.2 Å². The third kappa shape index (κ3) is 3.15. The summed E-state index contributed by atoms with van der Waals surface area (Å²) in [6.07, 6.45) is 3.38. The Labute approximate surface area is 145 Å². The van der Waals surface area contributed by atoms with Crippen LogP contribution in [0.5, 0.6) is 5.75 Å². The Morgan fingerprint density at radius 1 is 1.16 bits per heavy atom. The summed E-state index contributed by atoms with van der Waals surface area (Å²) in [5, 5.41) is 10.4. The van der Waals surface area contributed by atoms with E-state index in [1.165, 1.54) is 0 Å². The molecule has 0 radical (unpaired) electrons. The fourth-order valence-electron chi connectivity index (χ4n) is 3.40. The lowest BCUT2D eigenvalue weighted by atomic mass is 9.90. The number of rotatable bonds is 5. The fourth-order valence-corrected chi connectivity index (χ4v) is 3.40. The lowest BCUT2D eigenvalue weighted by molar-refractivity contribution is 0.0919. The molecule has 5 nitrogen and oxygen atoms in total.